The molecule has 1 saturated heterocycles. The Hall–Kier alpha value is -2.01. The molecule has 1 aromatic carbocycles. The van der Waals surface area contributed by atoms with Gasteiger partial charge < -0.3 is 15.4 Å². The predicted molar refractivity (Wildman–Crippen MR) is 112 cm³/mol. The van der Waals surface area contributed by atoms with Crippen LogP contribution in [0.3, 0.4) is 0 Å². The highest BCUT2D eigenvalue weighted by Crippen LogP contribution is 2.11. The zero-order valence-corrected chi connectivity index (χ0v) is 17.3. The number of rotatable bonds is 11. The third-order valence-corrected chi connectivity index (χ3v) is 5.23. The van der Waals surface area contributed by atoms with E-state index >= 15 is 0 Å². The van der Waals surface area contributed by atoms with E-state index < -0.39 is 16.3 Å². The van der Waals surface area contributed by atoms with Crippen LogP contribution in [-0.2, 0) is 26.2 Å². The maximum atomic E-state index is 12.6. The molecule has 0 spiro atoms. The lowest BCUT2D eigenvalue weighted by atomic mass is 9.98. The summed E-state index contributed by atoms with van der Waals surface area (Å²) in [4.78, 5) is 12.6. The molecule has 1 aromatic rings. The van der Waals surface area contributed by atoms with Gasteiger partial charge >= 0.3 is 5.97 Å². The van der Waals surface area contributed by atoms with E-state index in [0.29, 0.717) is 18.8 Å². The Morgan fingerprint density at radius 3 is 2.76 bits per heavy atom. The third-order valence-electron chi connectivity index (χ3n) is 4.70. The Kier molecular flexibility index (Phi) is 9.52. The number of hydrogen-bond acceptors (Lipinski definition) is 7. The van der Waals surface area contributed by atoms with Crippen LogP contribution in [0, 0.1) is 11.3 Å². The molecule has 0 amide bonds. The molecule has 0 bridgehead atoms. The fraction of sp³-hybridized carbons (Fsp3) is 0.579. The molecule has 2 rings (SSSR count). The summed E-state index contributed by atoms with van der Waals surface area (Å²) in [7, 11) is -3.94. The van der Waals surface area contributed by atoms with Gasteiger partial charge in [0.2, 0.25) is 0 Å². The number of hydrogen-bond donors (Lipinski definition) is 5. The molecule has 1 heterocycles. The van der Waals surface area contributed by atoms with Gasteiger partial charge in [0.25, 0.3) is 10.2 Å². The fourth-order valence-electron chi connectivity index (χ4n) is 3.24. The van der Waals surface area contributed by atoms with Crippen molar-refractivity contribution in [3.63, 3.8) is 0 Å². The molecule has 10 heteroatoms. The first-order chi connectivity index (χ1) is 13.8. The van der Waals surface area contributed by atoms with Crippen molar-refractivity contribution in [1.29, 1.82) is 5.41 Å². The lowest BCUT2D eigenvalue weighted by Gasteiger charge is -2.25. The van der Waals surface area contributed by atoms with Crippen molar-refractivity contribution in [3.05, 3.63) is 35.9 Å². The van der Waals surface area contributed by atoms with E-state index in [-0.39, 0.29) is 24.8 Å². The van der Waals surface area contributed by atoms with E-state index in [9.17, 15) is 13.2 Å². The van der Waals surface area contributed by atoms with Crippen molar-refractivity contribution in [2.45, 2.75) is 38.1 Å². The zero-order chi connectivity index (χ0) is 21.1. The third kappa shape index (κ3) is 9.84. The van der Waals surface area contributed by atoms with Crippen LogP contribution < -0.4 is 20.5 Å². The number of esters is 1. The SMILES string of the molecule is N=C(CCCOC(=O)[C@H](Cc1ccccc1)NCC1CCCNC1)NS(N)(=O)=O. The molecular weight excluding hydrogens is 394 g/mol. The molecule has 162 valence electrons. The second-order valence-corrected chi connectivity index (χ2v) is 8.55. The molecule has 1 fully saturated rings. The lowest BCUT2D eigenvalue weighted by molar-refractivity contribution is -0.146. The summed E-state index contributed by atoms with van der Waals surface area (Å²) in [6.07, 6.45) is 3.25. The topological polar surface area (TPSA) is 146 Å². The Morgan fingerprint density at radius 2 is 2.10 bits per heavy atom. The Labute approximate surface area is 172 Å². The molecule has 1 unspecified atom stereocenters. The van der Waals surface area contributed by atoms with Crippen molar-refractivity contribution in [3.8, 4) is 0 Å². The van der Waals surface area contributed by atoms with Gasteiger partial charge in [-0.25, -0.2) is 5.14 Å². The zero-order valence-electron chi connectivity index (χ0n) is 16.5. The Morgan fingerprint density at radius 1 is 1.34 bits per heavy atom. The molecule has 29 heavy (non-hydrogen) atoms. The number of ether oxygens (including phenoxy) is 1. The summed E-state index contributed by atoms with van der Waals surface area (Å²) in [5.74, 6) is -0.0875. The van der Waals surface area contributed by atoms with E-state index in [4.69, 9.17) is 15.3 Å². The minimum Gasteiger partial charge on any atom is -0.465 e. The van der Waals surface area contributed by atoms with Crippen molar-refractivity contribution in [1.82, 2.24) is 15.4 Å². The van der Waals surface area contributed by atoms with Crippen LogP contribution in [0.15, 0.2) is 30.3 Å². The molecule has 0 aliphatic carbocycles. The van der Waals surface area contributed by atoms with Crippen LogP contribution in [0.25, 0.3) is 0 Å². The summed E-state index contributed by atoms with van der Waals surface area (Å²) < 4.78 is 29.0. The minimum atomic E-state index is -3.94. The van der Waals surface area contributed by atoms with E-state index in [1.807, 2.05) is 35.1 Å². The van der Waals surface area contributed by atoms with Crippen LogP contribution in [0.4, 0.5) is 0 Å². The first-order valence-corrected chi connectivity index (χ1v) is 11.4. The highest BCUT2D eigenvalue weighted by atomic mass is 32.2. The number of piperidine rings is 1. The van der Waals surface area contributed by atoms with E-state index in [2.05, 4.69) is 10.6 Å². The van der Waals surface area contributed by atoms with Crippen molar-refractivity contribution in [2.75, 3.05) is 26.2 Å². The molecule has 0 radical (unpaired) electrons. The van der Waals surface area contributed by atoms with Crippen LogP contribution in [0.1, 0.15) is 31.2 Å². The summed E-state index contributed by atoms with van der Waals surface area (Å²) in [6, 6.07) is 9.30. The molecule has 0 saturated carbocycles. The molecule has 9 nitrogen and oxygen atoms in total. The molecule has 0 aromatic heterocycles. The standard InChI is InChI=1S/C19H31N5O4S/c20-18(24-29(21,26)27)9-5-11-28-19(25)17(12-15-6-2-1-3-7-15)23-14-16-8-4-10-22-13-16/h1-3,6-7,16-17,22-23H,4-5,8-14H2,(H2,20,24)(H2,21,26,27)/t16?,17-/m0/s1. The van der Waals surface area contributed by atoms with Crippen LogP contribution >= 0.6 is 0 Å². The number of amidine groups is 1. The molecule has 2 atom stereocenters. The fourth-order valence-corrected chi connectivity index (χ4v) is 3.69. The number of nitrogens with two attached hydrogens (primary N) is 1. The molecular formula is C19H31N5O4S. The van der Waals surface area contributed by atoms with Gasteiger partial charge in [0.05, 0.1) is 6.61 Å². The molecule has 1 aliphatic rings. The van der Waals surface area contributed by atoms with Crippen molar-refractivity contribution in [2.24, 2.45) is 11.1 Å². The highest BCUT2D eigenvalue weighted by Gasteiger charge is 2.22. The maximum Gasteiger partial charge on any atom is 0.323 e. The minimum absolute atomic E-state index is 0.103. The van der Waals surface area contributed by atoms with Gasteiger partial charge in [-0.15, -0.1) is 0 Å². The number of carbonyl (C=O) groups excluding carboxylic acids is 1. The average Bonchev–Trinajstić information content (AvgIpc) is 2.68. The smallest absolute Gasteiger partial charge is 0.323 e. The van der Waals surface area contributed by atoms with Gasteiger partial charge in [0.1, 0.15) is 11.9 Å². The number of carbonyl (C=O) groups is 1. The summed E-state index contributed by atoms with van der Waals surface area (Å²) >= 11 is 0. The van der Waals surface area contributed by atoms with Gasteiger partial charge in [0, 0.05) is 6.42 Å². The van der Waals surface area contributed by atoms with Crippen molar-refractivity contribution >= 4 is 22.0 Å². The first kappa shape index (κ1) is 23.3. The lowest BCUT2D eigenvalue weighted by Crippen LogP contribution is -2.45. The van der Waals surface area contributed by atoms with Gasteiger partial charge in [-0.2, -0.15) is 8.42 Å². The van der Waals surface area contributed by atoms with Gasteiger partial charge in [-0.1, -0.05) is 30.3 Å². The van der Waals surface area contributed by atoms with Gasteiger partial charge in [-0.3, -0.25) is 14.9 Å². The average molecular weight is 426 g/mol. The Bertz CT molecular complexity index is 751. The van der Waals surface area contributed by atoms with Gasteiger partial charge in [0.15, 0.2) is 0 Å². The predicted octanol–water partition coefficient (Wildman–Crippen LogP) is 0.281. The van der Waals surface area contributed by atoms with E-state index in [1.165, 1.54) is 0 Å². The highest BCUT2D eigenvalue weighted by molar-refractivity contribution is 7.87. The molecule has 6 N–H and O–H groups in total. The van der Waals surface area contributed by atoms with Crippen LogP contribution in [-0.4, -0.2) is 52.5 Å². The van der Waals surface area contributed by atoms with E-state index in [1.54, 1.807) is 0 Å². The molecule has 1 aliphatic heterocycles. The number of nitrogens with one attached hydrogen (secondary N) is 4. The second kappa shape index (κ2) is 11.9. The van der Waals surface area contributed by atoms with Crippen LogP contribution in [0.5, 0.6) is 0 Å². The van der Waals surface area contributed by atoms with Crippen LogP contribution in [0.2, 0.25) is 0 Å². The Balaban J connectivity index is 1.82. The second-order valence-electron chi connectivity index (χ2n) is 7.26. The van der Waals surface area contributed by atoms with Gasteiger partial charge in [-0.05, 0) is 56.8 Å². The van der Waals surface area contributed by atoms with E-state index in [0.717, 1.165) is 38.0 Å². The first-order valence-electron chi connectivity index (χ1n) is 9.86. The number of benzene rings is 1. The summed E-state index contributed by atoms with van der Waals surface area (Å²) in [5.41, 5.74) is 1.04. The maximum absolute atomic E-state index is 12.6. The largest absolute Gasteiger partial charge is 0.465 e. The summed E-state index contributed by atoms with van der Waals surface area (Å²) in [6.45, 7) is 2.83. The monoisotopic (exact) mass is 425 g/mol. The quantitative estimate of drug-likeness (QED) is 0.149. The van der Waals surface area contributed by atoms with Crippen molar-refractivity contribution < 1.29 is 17.9 Å². The normalized spacial score (nSPS) is 18.0. The summed E-state index contributed by atoms with van der Waals surface area (Å²) in [5, 5.41) is 19.1.